The molecule has 1 saturated heterocycles. The molecule has 1 aromatic rings. The Bertz CT molecular complexity index is 1130. The average molecular weight is 464 g/mol. The monoisotopic (exact) mass is 463 g/mol. The number of amides is 1. The van der Waals surface area contributed by atoms with Crippen LogP contribution in [0.3, 0.4) is 0 Å². The second kappa shape index (κ2) is 7.34. The second-order valence-corrected chi connectivity index (χ2v) is 11.1. The maximum absolute atomic E-state index is 13.3. The van der Waals surface area contributed by atoms with Gasteiger partial charge < -0.3 is 25.2 Å². The zero-order chi connectivity index (χ0) is 23.9. The van der Waals surface area contributed by atoms with Crippen molar-refractivity contribution in [1.82, 2.24) is 9.88 Å². The lowest BCUT2D eigenvalue weighted by molar-refractivity contribution is -0.163. The van der Waals surface area contributed by atoms with Crippen molar-refractivity contribution in [3.8, 4) is 0 Å². The molecule has 7 nitrogen and oxygen atoms in total. The van der Waals surface area contributed by atoms with E-state index < -0.39 is 23.4 Å². The summed E-state index contributed by atoms with van der Waals surface area (Å²) in [5, 5.41) is 24.9. The van der Waals surface area contributed by atoms with Gasteiger partial charge in [-0.3, -0.25) is 9.78 Å². The summed E-state index contributed by atoms with van der Waals surface area (Å²) in [6, 6.07) is 3.48. The molecule has 7 atom stereocenters. The van der Waals surface area contributed by atoms with Gasteiger partial charge in [0.15, 0.2) is 0 Å². The van der Waals surface area contributed by atoms with Crippen LogP contribution in [0.5, 0.6) is 0 Å². The van der Waals surface area contributed by atoms with Gasteiger partial charge in [0.05, 0.1) is 29.2 Å². The van der Waals surface area contributed by atoms with Gasteiger partial charge in [0.1, 0.15) is 6.10 Å². The van der Waals surface area contributed by atoms with Crippen LogP contribution in [0.1, 0.15) is 39.0 Å². The minimum Gasteiger partial charge on any atom is -0.388 e. The van der Waals surface area contributed by atoms with Gasteiger partial charge in [0.25, 0.3) is 5.91 Å². The molecule has 6 rings (SSSR count). The quantitative estimate of drug-likeness (QED) is 0.638. The minimum atomic E-state index is -0.936. The Morgan fingerprint density at radius 1 is 1.26 bits per heavy atom. The van der Waals surface area contributed by atoms with E-state index in [0.29, 0.717) is 12.1 Å². The summed E-state index contributed by atoms with van der Waals surface area (Å²) in [6.07, 6.45) is 11.8. The van der Waals surface area contributed by atoms with E-state index in [1.165, 1.54) is 0 Å². The number of pyridine rings is 1. The molecule has 0 aromatic carbocycles. The van der Waals surface area contributed by atoms with E-state index in [-0.39, 0.29) is 23.3 Å². The molecule has 5 aliphatic rings. The molecule has 2 bridgehead atoms. The van der Waals surface area contributed by atoms with Crippen molar-refractivity contribution >= 4 is 11.6 Å². The normalized spacial score (nSPS) is 42.2. The zero-order valence-electron chi connectivity index (χ0n) is 20.0. The molecule has 2 spiro atoms. The number of anilines is 1. The molecule has 0 radical (unpaired) electrons. The minimum absolute atomic E-state index is 0.0742. The standard InChI is InChI=1S/C27H33N3O4/c1-25-9-8-16-13-19-22(31)23(32)20(30(2)3)14-26(19)10-11-27(16,34-26)21(25)7-6-18(25)24(33)29-17-5-4-12-28-15-17/h4-6,8,12-13,15,20-23,31-32H,7,9-11,14H2,1-3H3,(H,29,33)/t20-,21+,22+,23+,25+,26+,27+/m0/s1. The summed E-state index contributed by atoms with van der Waals surface area (Å²) in [5.41, 5.74) is 2.07. The van der Waals surface area contributed by atoms with Crippen LogP contribution in [-0.2, 0) is 9.53 Å². The Balaban J connectivity index is 1.35. The van der Waals surface area contributed by atoms with Crippen LogP contribution < -0.4 is 5.32 Å². The summed E-state index contributed by atoms with van der Waals surface area (Å²) < 4.78 is 7.10. The third-order valence-electron chi connectivity index (χ3n) is 9.26. The zero-order valence-corrected chi connectivity index (χ0v) is 20.0. The van der Waals surface area contributed by atoms with Crippen LogP contribution in [0.4, 0.5) is 5.69 Å². The van der Waals surface area contributed by atoms with E-state index in [4.69, 9.17) is 4.74 Å². The van der Waals surface area contributed by atoms with Crippen molar-refractivity contribution < 1.29 is 19.7 Å². The Kier molecular flexibility index (Phi) is 4.78. The molecule has 1 aromatic heterocycles. The number of hydrogen-bond acceptors (Lipinski definition) is 6. The summed E-state index contributed by atoms with van der Waals surface area (Å²) >= 11 is 0. The van der Waals surface area contributed by atoms with Gasteiger partial charge in [-0.15, -0.1) is 0 Å². The van der Waals surface area contributed by atoms with E-state index >= 15 is 0 Å². The lowest BCUT2D eigenvalue weighted by Gasteiger charge is -2.55. The molecule has 2 aliphatic heterocycles. The first-order chi connectivity index (χ1) is 16.2. The van der Waals surface area contributed by atoms with Crippen LogP contribution in [0.2, 0.25) is 0 Å². The lowest BCUT2D eigenvalue weighted by Crippen LogP contribution is -2.62. The van der Waals surface area contributed by atoms with Gasteiger partial charge in [0, 0.05) is 29.1 Å². The van der Waals surface area contributed by atoms with Gasteiger partial charge in [-0.2, -0.15) is 0 Å². The first kappa shape index (κ1) is 22.2. The number of aromatic nitrogens is 1. The van der Waals surface area contributed by atoms with Gasteiger partial charge in [-0.1, -0.05) is 25.2 Å². The molecule has 2 fully saturated rings. The molecule has 3 aliphatic carbocycles. The van der Waals surface area contributed by atoms with Gasteiger partial charge in [-0.25, -0.2) is 0 Å². The highest BCUT2D eigenvalue weighted by molar-refractivity contribution is 6.05. The predicted octanol–water partition coefficient (Wildman–Crippen LogP) is 2.59. The van der Waals surface area contributed by atoms with E-state index in [0.717, 1.165) is 42.4 Å². The maximum Gasteiger partial charge on any atom is 0.251 e. The molecule has 34 heavy (non-hydrogen) atoms. The van der Waals surface area contributed by atoms with Crippen LogP contribution >= 0.6 is 0 Å². The number of ether oxygens (including phenoxy) is 1. The van der Waals surface area contributed by atoms with Gasteiger partial charge >= 0.3 is 0 Å². The molecule has 180 valence electrons. The largest absolute Gasteiger partial charge is 0.388 e. The number of nitrogens with one attached hydrogen (secondary N) is 1. The van der Waals surface area contributed by atoms with E-state index in [9.17, 15) is 15.0 Å². The maximum atomic E-state index is 13.3. The highest BCUT2D eigenvalue weighted by Gasteiger charge is 2.67. The molecule has 1 amide bonds. The number of likely N-dealkylation sites (N-methyl/N-ethyl adjacent to an activating group) is 1. The number of fused-ring (bicyclic) bond motifs is 1. The molecular formula is C27H33N3O4. The van der Waals surface area contributed by atoms with Crippen LogP contribution in [0.15, 0.2) is 59.5 Å². The third-order valence-corrected chi connectivity index (χ3v) is 9.26. The number of aliphatic hydroxyl groups excluding tert-OH is 2. The molecule has 3 N–H and O–H groups in total. The fourth-order valence-electron chi connectivity index (χ4n) is 7.48. The summed E-state index contributed by atoms with van der Waals surface area (Å²) in [4.78, 5) is 19.4. The first-order valence-electron chi connectivity index (χ1n) is 12.3. The summed E-state index contributed by atoms with van der Waals surface area (Å²) in [6.45, 7) is 2.19. The predicted molar refractivity (Wildman–Crippen MR) is 128 cm³/mol. The van der Waals surface area contributed by atoms with Crippen molar-refractivity contribution in [1.29, 1.82) is 0 Å². The van der Waals surface area contributed by atoms with Crippen LogP contribution in [-0.4, -0.2) is 69.6 Å². The fourth-order valence-corrected chi connectivity index (χ4v) is 7.48. The van der Waals surface area contributed by atoms with Crippen molar-refractivity contribution in [2.75, 3.05) is 19.4 Å². The topological polar surface area (TPSA) is 94.9 Å². The summed E-state index contributed by atoms with van der Waals surface area (Å²) in [5.74, 6) is 0.0727. The number of nitrogens with zero attached hydrogens (tertiary/aromatic N) is 2. The number of carbonyl (C=O) groups is 1. The Labute approximate surface area is 200 Å². The highest BCUT2D eigenvalue weighted by Crippen LogP contribution is 2.66. The lowest BCUT2D eigenvalue weighted by atomic mass is 9.59. The van der Waals surface area contributed by atoms with Crippen molar-refractivity contribution in [2.24, 2.45) is 11.3 Å². The van der Waals surface area contributed by atoms with E-state index in [1.54, 1.807) is 12.4 Å². The number of hydrogen-bond donors (Lipinski definition) is 3. The molecule has 3 heterocycles. The first-order valence-corrected chi connectivity index (χ1v) is 12.3. The fraction of sp³-hybridized carbons (Fsp3) is 0.556. The van der Waals surface area contributed by atoms with Gasteiger partial charge in [0.2, 0.25) is 0 Å². The van der Waals surface area contributed by atoms with Crippen molar-refractivity contribution in [3.05, 3.63) is 59.5 Å². The second-order valence-electron chi connectivity index (χ2n) is 11.1. The van der Waals surface area contributed by atoms with E-state index in [1.807, 2.05) is 31.1 Å². The summed E-state index contributed by atoms with van der Waals surface area (Å²) in [7, 11) is 3.88. The average Bonchev–Trinajstić information content (AvgIpc) is 3.33. The van der Waals surface area contributed by atoms with Crippen molar-refractivity contribution in [2.45, 2.75) is 68.5 Å². The number of allylic oxidation sites excluding steroid dienone is 2. The number of carbonyl (C=O) groups excluding carboxylic acids is 1. The number of rotatable bonds is 3. The highest BCUT2D eigenvalue weighted by atomic mass is 16.5. The molecule has 1 saturated carbocycles. The Morgan fingerprint density at radius 2 is 2.09 bits per heavy atom. The molecule has 0 unspecified atom stereocenters. The van der Waals surface area contributed by atoms with Crippen LogP contribution in [0, 0.1) is 11.3 Å². The van der Waals surface area contributed by atoms with Crippen LogP contribution in [0.25, 0.3) is 0 Å². The number of aliphatic hydroxyl groups is 2. The van der Waals surface area contributed by atoms with Gasteiger partial charge in [-0.05, 0) is 69.5 Å². The molecular weight excluding hydrogens is 430 g/mol. The van der Waals surface area contributed by atoms with Crippen molar-refractivity contribution in [3.63, 3.8) is 0 Å². The molecule has 7 heteroatoms. The smallest absolute Gasteiger partial charge is 0.251 e. The Morgan fingerprint density at radius 3 is 2.82 bits per heavy atom. The SMILES string of the molecule is CN(C)[C@H]1C[C@@]23CC[C@@]4(O2)C(=CC[C@]2(C)C(C(=O)Nc5cccnc5)=CC[C@H]24)C=C3[C@@H](O)[C@@H]1O. The third kappa shape index (κ3) is 2.84. The van der Waals surface area contributed by atoms with E-state index in [2.05, 4.69) is 35.5 Å². The Hall–Kier alpha value is -2.32.